The van der Waals surface area contributed by atoms with Gasteiger partial charge < -0.3 is 0 Å². The Labute approximate surface area is 107 Å². The highest BCUT2D eigenvalue weighted by atomic mass is 79.9. The van der Waals surface area contributed by atoms with Gasteiger partial charge in [0.2, 0.25) is 0 Å². The summed E-state index contributed by atoms with van der Waals surface area (Å²) in [5, 5.41) is 9.58. The Hall–Kier alpha value is -1.30. The van der Waals surface area contributed by atoms with Crippen LogP contribution in [0.4, 0.5) is 0 Å². The Morgan fingerprint density at radius 3 is 2.56 bits per heavy atom. The maximum Gasteiger partial charge on any atom is 0.0992 e. The van der Waals surface area contributed by atoms with E-state index in [4.69, 9.17) is 16.9 Å². The number of hydrogen-bond donors (Lipinski definition) is 0. The second-order valence-electron chi connectivity index (χ2n) is 3.35. The molecular formula is C13H7BrClN. The molecule has 0 N–H and O–H groups in total. The molecule has 78 valence electrons. The molecule has 0 amide bonds. The van der Waals surface area contributed by atoms with Crippen LogP contribution in [-0.4, -0.2) is 0 Å². The van der Waals surface area contributed by atoms with Crippen LogP contribution in [-0.2, 0) is 0 Å². The standard InChI is InChI=1S/C13H7BrClN/c14-12-5-9(8-16)4-11(6-12)10-2-1-3-13(15)7-10/h1-7H. The minimum atomic E-state index is 0.629. The lowest BCUT2D eigenvalue weighted by molar-refractivity contribution is 1.47. The van der Waals surface area contributed by atoms with E-state index < -0.39 is 0 Å². The maximum atomic E-state index is 8.89. The van der Waals surface area contributed by atoms with Gasteiger partial charge in [0.05, 0.1) is 11.6 Å². The molecule has 0 radical (unpaired) electrons. The van der Waals surface area contributed by atoms with E-state index in [0.717, 1.165) is 15.6 Å². The molecule has 0 saturated heterocycles. The molecule has 0 aliphatic heterocycles. The number of hydrogen-bond acceptors (Lipinski definition) is 1. The molecule has 1 nitrogen and oxygen atoms in total. The van der Waals surface area contributed by atoms with Gasteiger partial charge in [-0.15, -0.1) is 0 Å². The van der Waals surface area contributed by atoms with Crippen LogP contribution < -0.4 is 0 Å². The van der Waals surface area contributed by atoms with Crippen molar-refractivity contribution < 1.29 is 0 Å². The Morgan fingerprint density at radius 2 is 1.88 bits per heavy atom. The van der Waals surface area contributed by atoms with Crippen LogP contribution in [0.3, 0.4) is 0 Å². The summed E-state index contributed by atoms with van der Waals surface area (Å²) >= 11 is 9.32. The van der Waals surface area contributed by atoms with E-state index >= 15 is 0 Å². The fraction of sp³-hybridized carbons (Fsp3) is 0. The lowest BCUT2D eigenvalue weighted by Gasteiger charge is -2.03. The number of nitriles is 1. The smallest absolute Gasteiger partial charge is 0.0992 e. The van der Waals surface area contributed by atoms with E-state index in [0.29, 0.717) is 10.6 Å². The zero-order valence-electron chi connectivity index (χ0n) is 8.24. The first-order valence-electron chi connectivity index (χ1n) is 4.65. The third-order valence-electron chi connectivity index (χ3n) is 2.18. The topological polar surface area (TPSA) is 23.8 Å². The van der Waals surface area contributed by atoms with E-state index in [1.165, 1.54) is 0 Å². The van der Waals surface area contributed by atoms with Crippen molar-refractivity contribution in [2.45, 2.75) is 0 Å². The first kappa shape index (κ1) is 11.2. The highest BCUT2D eigenvalue weighted by Gasteiger charge is 2.02. The average Bonchev–Trinajstić information content (AvgIpc) is 2.28. The molecule has 0 bridgehead atoms. The lowest BCUT2D eigenvalue weighted by atomic mass is 10.0. The number of nitrogens with zero attached hydrogens (tertiary/aromatic N) is 1. The monoisotopic (exact) mass is 291 g/mol. The third kappa shape index (κ3) is 2.44. The van der Waals surface area contributed by atoms with Crippen molar-refractivity contribution >= 4 is 27.5 Å². The van der Waals surface area contributed by atoms with E-state index in [-0.39, 0.29) is 0 Å². The number of halogens is 2. The molecule has 0 saturated carbocycles. The summed E-state index contributed by atoms with van der Waals surface area (Å²) in [5.74, 6) is 0. The Bertz CT molecular complexity index is 572. The molecule has 0 heterocycles. The zero-order valence-corrected chi connectivity index (χ0v) is 10.6. The molecular weight excluding hydrogens is 286 g/mol. The Balaban J connectivity index is 2.56. The summed E-state index contributed by atoms with van der Waals surface area (Å²) in [6.07, 6.45) is 0. The van der Waals surface area contributed by atoms with Gasteiger partial charge in [-0.2, -0.15) is 5.26 Å². The molecule has 0 fully saturated rings. The van der Waals surface area contributed by atoms with Crippen molar-refractivity contribution in [1.82, 2.24) is 0 Å². The van der Waals surface area contributed by atoms with Gasteiger partial charge in [-0.3, -0.25) is 0 Å². The molecule has 0 unspecified atom stereocenters. The van der Waals surface area contributed by atoms with Crippen LogP contribution in [0.2, 0.25) is 5.02 Å². The van der Waals surface area contributed by atoms with Crippen molar-refractivity contribution in [3.63, 3.8) is 0 Å². The molecule has 2 aromatic rings. The molecule has 0 aliphatic rings. The molecule has 16 heavy (non-hydrogen) atoms. The Kier molecular flexibility index (Phi) is 3.28. The van der Waals surface area contributed by atoms with Gasteiger partial charge in [0.15, 0.2) is 0 Å². The lowest BCUT2D eigenvalue weighted by Crippen LogP contribution is -1.81. The van der Waals surface area contributed by atoms with Crippen molar-refractivity contribution in [3.8, 4) is 17.2 Å². The van der Waals surface area contributed by atoms with Crippen LogP contribution in [0.1, 0.15) is 5.56 Å². The quantitative estimate of drug-likeness (QED) is 0.751. The first-order valence-corrected chi connectivity index (χ1v) is 5.83. The van der Waals surface area contributed by atoms with Gasteiger partial charge in [-0.25, -0.2) is 0 Å². The third-order valence-corrected chi connectivity index (χ3v) is 2.88. The van der Waals surface area contributed by atoms with Crippen LogP contribution in [0.25, 0.3) is 11.1 Å². The molecule has 2 aromatic carbocycles. The summed E-state index contributed by atoms with van der Waals surface area (Å²) in [5.41, 5.74) is 2.61. The molecule has 0 atom stereocenters. The highest BCUT2D eigenvalue weighted by Crippen LogP contribution is 2.26. The fourth-order valence-electron chi connectivity index (χ4n) is 1.49. The molecule has 0 spiro atoms. The summed E-state index contributed by atoms with van der Waals surface area (Å²) in [4.78, 5) is 0. The molecule has 0 aromatic heterocycles. The van der Waals surface area contributed by atoms with E-state index in [1.54, 1.807) is 6.07 Å². The number of benzene rings is 2. The molecule has 2 rings (SSSR count). The van der Waals surface area contributed by atoms with E-state index in [2.05, 4.69) is 22.0 Å². The highest BCUT2D eigenvalue weighted by molar-refractivity contribution is 9.10. The van der Waals surface area contributed by atoms with Crippen molar-refractivity contribution in [2.75, 3.05) is 0 Å². The van der Waals surface area contributed by atoms with Gasteiger partial charge in [0.1, 0.15) is 0 Å². The van der Waals surface area contributed by atoms with Crippen LogP contribution >= 0.6 is 27.5 Å². The second-order valence-corrected chi connectivity index (χ2v) is 4.70. The first-order chi connectivity index (χ1) is 7.69. The van der Waals surface area contributed by atoms with Gasteiger partial charge in [-0.1, -0.05) is 39.7 Å². The van der Waals surface area contributed by atoms with Crippen LogP contribution in [0, 0.1) is 11.3 Å². The zero-order chi connectivity index (χ0) is 11.5. The van der Waals surface area contributed by atoms with Gasteiger partial charge in [0.25, 0.3) is 0 Å². The second kappa shape index (κ2) is 4.69. The van der Waals surface area contributed by atoms with Gasteiger partial charge in [-0.05, 0) is 41.5 Å². The van der Waals surface area contributed by atoms with Gasteiger partial charge >= 0.3 is 0 Å². The largest absolute Gasteiger partial charge is 0.192 e. The summed E-state index contributed by atoms with van der Waals surface area (Å²) in [6, 6.07) is 15.3. The Morgan fingerprint density at radius 1 is 1.06 bits per heavy atom. The van der Waals surface area contributed by atoms with Crippen molar-refractivity contribution in [3.05, 3.63) is 57.5 Å². The predicted molar refractivity (Wildman–Crippen MR) is 69.3 cm³/mol. The van der Waals surface area contributed by atoms with Crippen molar-refractivity contribution in [1.29, 1.82) is 5.26 Å². The summed E-state index contributed by atoms with van der Waals surface area (Å²) < 4.78 is 0.890. The number of rotatable bonds is 1. The van der Waals surface area contributed by atoms with Crippen molar-refractivity contribution in [2.24, 2.45) is 0 Å². The molecule has 3 heteroatoms. The van der Waals surface area contributed by atoms with E-state index in [9.17, 15) is 0 Å². The predicted octanol–water partition coefficient (Wildman–Crippen LogP) is 4.64. The minimum absolute atomic E-state index is 0.629. The van der Waals surface area contributed by atoms with E-state index in [1.807, 2.05) is 36.4 Å². The minimum Gasteiger partial charge on any atom is -0.192 e. The fourth-order valence-corrected chi connectivity index (χ4v) is 2.17. The maximum absolute atomic E-state index is 8.89. The van der Waals surface area contributed by atoms with Gasteiger partial charge in [0, 0.05) is 9.50 Å². The summed E-state index contributed by atoms with van der Waals surface area (Å²) in [6.45, 7) is 0. The SMILES string of the molecule is N#Cc1cc(Br)cc(-c2cccc(Cl)c2)c1. The normalized spacial score (nSPS) is 9.81. The average molecular weight is 293 g/mol. The van der Waals surface area contributed by atoms with Crippen LogP contribution in [0.5, 0.6) is 0 Å². The van der Waals surface area contributed by atoms with Crippen LogP contribution in [0.15, 0.2) is 46.9 Å². The summed E-state index contributed by atoms with van der Waals surface area (Å²) in [7, 11) is 0. The molecule has 0 aliphatic carbocycles.